The molecule has 0 N–H and O–H groups in total. The van der Waals surface area contributed by atoms with Crippen LogP contribution in [0, 0.1) is 18.8 Å². The van der Waals surface area contributed by atoms with E-state index in [4.69, 9.17) is 18.9 Å². The lowest BCUT2D eigenvalue weighted by molar-refractivity contribution is -0.954. The zero-order valence-electron chi connectivity index (χ0n) is 29.9. The van der Waals surface area contributed by atoms with Gasteiger partial charge in [-0.25, -0.2) is 0 Å². The standard InChI is InChI=1S/C43H58NO4/c1-35(2)29-42(47-40-17-11-7-12-18-40)33-45-27-25-44(31-38-15-9-6-10-16-38,32-39-23-21-37(5)22-24-39)26-28-46-34-43(30-36(3)4)48-41-19-13-8-14-20-41/h6-24,35-36,42-43H,25-34H2,1-5H3/q+1. The van der Waals surface area contributed by atoms with Gasteiger partial charge in [0, 0.05) is 11.1 Å². The van der Waals surface area contributed by atoms with E-state index >= 15 is 0 Å². The predicted octanol–water partition coefficient (Wildman–Crippen LogP) is 9.53. The van der Waals surface area contributed by atoms with Gasteiger partial charge in [0.15, 0.2) is 0 Å². The molecule has 0 aliphatic heterocycles. The molecule has 0 spiro atoms. The third-order valence-electron chi connectivity index (χ3n) is 8.59. The van der Waals surface area contributed by atoms with Crippen molar-refractivity contribution in [1.82, 2.24) is 0 Å². The smallest absolute Gasteiger partial charge is 0.122 e. The first-order valence-electron chi connectivity index (χ1n) is 17.8. The largest absolute Gasteiger partial charge is 0.488 e. The quantitative estimate of drug-likeness (QED) is 0.0626. The van der Waals surface area contributed by atoms with Crippen LogP contribution < -0.4 is 9.47 Å². The lowest BCUT2D eigenvalue weighted by Crippen LogP contribution is -2.51. The van der Waals surface area contributed by atoms with E-state index in [0.29, 0.717) is 38.3 Å². The van der Waals surface area contributed by atoms with Crippen molar-refractivity contribution in [2.24, 2.45) is 11.8 Å². The van der Waals surface area contributed by atoms with E-state index in [2.05, 4.69) is 89.2 Å². The summed E-state index contributed by atoms with van der Waals surface area (Å²) in [6.45, 7) is 17.0. The van der Waals surface area contributed by atoms with Crippen LogP contribution in [0.2, 0.25) is 0 Å². The lowest BCUT2D eigenvalue weighted by atomic mass is 10.1. The van der Waals surface area contributed by atoms with Crippen LogP contribution in [0.3, 0.4) is 0 Å². The molecule has 0 heterocycles. The molecule has 4 aromatic rings. The molecule has 2 atom stereocenters. The second-order valence-electron chi connectivity index (χ2n) is 14.1. The first-order chi connectivity index (χ1) is 23.3. The van der Waals surface area contributed by atoms with E-state index in [1.54, 1.807) is 0 Å². The molecule has 258 valence electrons. The fraction of sp³-hybridized carbons (Fsp3) is 0.442. The van der Waals surface area contributed by atoms with Crippen molar-refractivity contribution in [3.05, 3.63) is 132 Å². The summed E-state index contributed by atoms with van der Waals surface area (Å²) >= 11 is 0. The minimum absolute atomic E-state index is 0.00589. The molecule has 0 saturated heterocycles. The Kier molecular flexibility index (Phi) is 15.5. The molecule has 0 aliphatic carbocycles. The minimum Gasteiger partial charge on any atom is -0.488 e. The van der Waals surface area contributed by atoms with E-state index in [1.807, 2.05) is 60.7 Å². The van der Waals surface area contributed by atoms with Crippen LogP contribution >= 0.6 is 0 Å². The van der Waals surface area contributed by atoms with Crippen LogP contribution in [0.25, 0.3) is 0 Å². The topological polar surface area (TPSA) is 36.9 Å². The number of hydrogen-bond acceptors (Lipinski definition) is 4. The second kappa shape index (κ2) is 20.0. The highest BCUT2D eigenvalue weighted by molar-refractivity contribution is 5.23. The van der Waals surface area contributed by atoms with E-state index < -0.39 is 0 Å². The number of quaternary nitrogens is 1. The molecule has 0 amide bonds. The fourth-order valence-electron chi connectivity index (χ4n) is 6.22. The number of nitrogens with zero attached hydrogens (tertiary/aromatic N) is 1. The van der Waals surface area contributed by atoms with Gasteiger partial charge in [-0.2, -0.15) is 0 Å². The van der Waals surface area contributed by atoms with Crippen molar-refractivity contribution in [1.29, 1.82) is 0 Å². The Hall–Kier alpha value is -3.64. The summed E-state index contributed by atoms with van der Waals surface area (Å²) in [6, 6.07) is 40.0. The van der Waals surface area contributed by atoms with Crippen LogP contribution in [-0.2, 0) is 22.6 Å². The maximum atomic E-state index is 6.47. The molecular weight excluding hydrogens is 594 g/mol. The highest BCUT2D eigenvalue weighted by Gasteiger charge is 2.29. The number of aryl methyl sites for hydroxylation is 1. The SMILES string of the molecule is Cc1ccc(C[N+](CCOCC(CC(C)C)Oc2ccccc2)(CCOCC(CC(C)C)Oc2ccccc2)Cc2ccccc2)cc1. The molecule has 4 aromatic carbocycles. The van der Waals surface area contributed by atoms with Crippen molar-refractivity contribution < 1.29 is 23.4 Å². The van der Waals surface area contributed by atoms with Gasteiger partial charge in [-0.3, -0.25) is 0 Å². The van der Waals surface area contributed by atoms with Gasteiger partial charge in [-0.05, 0) is 55.9 Å². The molecule has 5 heteroatoms. The van der Waals surface area contributed by atoms with Crippen molar-refractivity contribution in [2.75, 3.05) is 39.5 Å². The van der Waals surface area contributed by atoms with Gasteiger partial charge in [0.2, 0.25) is 0 Å². The Balaban J connectivity index is 1.47. The monoisotopic (exact) mass is 652 g/mol. The zero-order valence-corrected chi connectivity index (χ0v) is 29.9. The molecular formula is C43H58NO4+. The summed E-state index contributed by atoms with van der Waals surface area (Å²) < 4.78 is 26.5. The Labute approximate surface area is 290 Å². The zero-order chi connectivity index (χ0) is 34.0. The number of hydrogen-bond donors (Lipinski definition) is 0. The maximum Gasteiger partial charge on any atom is 0.122 e. The van der Waals surface area contributed by atoms with Gasteiger partial charge >= 0.3 is 0 Å². The normalized spacial score (nSPS) is 14.1. The third-order valence-corrected chi connectivity index (χ3v) is 8.59. The number of ether oxygens (including phenoxy) is 4. The van der Waals surface area contributed by atoms with E-state index in [9.17, 15) is 0 Å². The van der Waals surface area contributed by atoms with Gasteiger partial charge in [0.25, 0.3) is 0 Å². The molecule has 2 unspecified atom stereocenters. The van der Waals surface area contributed by atoms with Gasteiger partial charge in [0.1, 0.15) is 49.9 Å². The number of benzene rings is 4. The summed E-state index contributed by atoms with van der Waals surface area (Å²) in [5.74, 6) is 2.81. The molecule has 0 radical (unpaired) electrons. The van der Waals surface area contributed by atoms with Crippen LogP contribution in [0.5, 0.6) is 11.5 Å². The van der Waals surface area contributed by atoms with Crippen molar-refractivity contribution in [2.45, 2.75) is 72.8 Å². The van der Waals surface area contributed by atoms with E-state index in [0.717, 1.165) is 55.0 Å². The molecule has 0 aliphatic rings. The lowest BCUT2D eigenvalue weighted by Gasteiger charge is -2.39. The Bertz CT molecular complexity index is 1330. The highest BCUT2D eigenvalue weighted by atomic mass is 16.5. The first kappa shape index (κ1) is 37.2. The van der Waals surface area contributed by atoms with Crippen molar-refractivity contribution >= 4 is 0 Å². The fourth-order valence-corrected chi connectivity index (χ4v) is 6.22. The molecule has 0 fully saturated rings. The number of rotatable bonds is 22. The first-order valence-corrected chi connectivity index (χ1v) is 17.8. The average molecular weight is 653 g/mol. The molecule has 4 rings (SSSR count). The molecule has 5 nitrogen and oxygen atoms in total. The van der Waals surface area contributed by atoms with Gasteiger partial charge < -0.3 is 23.4 Å². The molecule has 48 heavy (non-hydrogen) atoms. The Morgan fingerprint density at radius 1 is 0.500 bits per heavy atom. The Morgan fingerprint density at radius 2 is 0.896 bits per heavy atom. The van der Waals surface area contributed by atoms with Crippen LogP contribution in [0.15, 0.2) is 115 Å². The summed E-state index contributed by atoms with van der Waals surface area (Å²) in [5.41, 5.74) is 3.92. The van der Waals surface area contributed by atoms with Crippen molar-refractivity contribution in [3.63, 3.8) is 0 Å². The second-order valence-corrected chi connectivity index (χ2v) is 14.1. The van der Waals surface area contributed by atoms with Gasteiger partial charge in [0.05, 0.1) is 26.4 Å². The summed E-state index contributed by atoms with van der Waals surface area (Å²) in [4.78, 5) is 0. The van der Waals surface area contributed by atoms with Crippen molar-refractivity contribution in [3.8, 4) is 11.5 Å². The van der Waals surface area contributed by atoms with E-state index in [-0.39, 0.29) is 12.2 Å². The van der Waals surface area contributed by atoms with Gasteiger partial charge in [-0.1, -0.05) is 124 Å². The third kappa shape index (κ3) is 13.8. The average Bonchev–Trinajstić information content (AvgIpc) is 3.07. The van der Waals surface area contributed by atoms with Gasteiger partial charge in [-0.15, -0.1) is 0 Å². The maximum absolute atomic E-state index is 6.47. The minimum atomic E-state index is 0.00589. The van der Waals surface area contributed by atoms with Crippen LogP contribution in [0.4, 0.5) is 0 Å². The predicted molar refractivity (Wildman–Crippen MR) is 197 cm³/mol. The van der Waals surface area contributed by atoms with E-state index in [1.165, 1.54) is 16.7 Å². The highest BCUT2D eigenvalue weighted by Crippen LogP contribution is 2.22. The summed E-state index contributed by atoms with van der Waals surface area (Å²) in [6.07, 6.45) is 1.90. The molecule has 0 saturated carbocycles. The number of para-hydroxylation sites is 2. The molecule has 0 bridgehead atoms. The summed E-state index contributed by atoms with van der Waals surface area (Å²) in [5, 5.41) is 0. The summed E-state index contributed by atoms with van der Waals surface area (Å²) in [7, 11) is 0. The molecule has 0 aromatic heterocycles. The van der Waals surface area contributed by atoms with Crippen LogP contribution in [-0.4, -0.2) is 56.2 Å². The van der Waals surface area contributed by atoms with Crippen LogP contribution in [0.1, 0.15) is 57.2 Å². The Morgan fingerprint density at radius 3 is 1.31 bits per heavy atom.